The second-order valence-electron chi connectivity index (χ2n) is 5.51. The number of hydrogen-bond acceptors (Lipinski definition) is 5. The van der Waals surface area contributed by atoms with E-state index in [0.717, 1.165) is 17.9 Å². The lowest BCUT2D eigenvalue weighted by Gasteiger charge is -2.26. The zero-order valence-electron chi connectivity index (χ0n) is 12.8. The molecule has 0 fully saturated rings. The fourth-order valence-corrected chi connectivity index (χ4v) is 3.93. The predicted molar refractivity (Wildman–Crippen MR) is 91.1 cm³/mol. The summed E-state index contributed by atoms with van der Waals surface area (Å²) in [4.78, 5) is 13.9. The van der Waals surface area contributed by atoms with Crippen molar-refractivity contribution in [2.45, 2.75) is 17.4 Å². The number of carbonyl (C=O) groups is 1. The highest BCUT2D eigenvalue weighted by Crippen LogP contribution is 2.35. The third-order valence-electron chi connectivity index (χ3n) is 3.99. The first-order chi connectivity index (χ1) is 11.8. The van der Waals surface area contributed by atoms with Gasteiger partial charge in [0.2, 0.25) is 0 Å². The molecule has 1 aliphatic heterocycles. The highest BCUT2D eigenvalue weighted by Gasteiger charge is 2.22. The minimum atomic E-state index is -0.0865. The second-order valence-corrected chi connectivity index (χ2v) is 6.64. The maximum atomic E-state index is 12.7. The molecule has 1 aliphatic rings. The highest BCUT2D eigenvalue weighted by atomic mass is 32.2. The summed E-state index contributed by atoms with van der Waals surface area (Å²) in [7, 11) is 0. The van der Waals surface area contributed by atoms with Gasteiger partial charge in [0.15, 0.2) is 0 Å². The van der Waals surface area contributed by atoms with E-state index in [2.05, 4.69) is 33.0 Å². The summed E-state index contributed by atoms with van der Waals surface area (Å²) >= 11 is 1.84. The molecule has 2 heterocycles. The number of rotatable bonds is 3. The van der Waals surface area contributed by atoms with Crippen LogP contribution >= 0.6 is 11.8 Å². The molecule has 0 spiro atoms. The van der Waals surface area contributed by atoms with Crippen LogP contribution in [0.25, 0.3) is 5.69 Å². The van der Waals surface area contributed by atoms with Crippen LogP contribution in [-0.4, -0.2) is 31.9 Å². The summed E-state index contributed by atoms with van der Waals surface area (Å²) in [5, 5.41) is 14.2. The number of carbonyl (C=O) groups excluding carboxylic acids is 1. The minimum Gasteiger partial charge on any atom is -0.345 e. The average Bonchev–Trinajstić information content (AvgIpc) is 3.17. The molecule has 1 atom stereocenters. The van der Waals surface area contributed by atoms with Crippen molar-refractivity contribution in [1.29, 1.82) is 0 Å². The molecule has 0 bridgehead atoms. The zero-order chi connectivity index (χ0) is 16.4. The second kappa shape index (κ2) is 6.45. The summed E-state index contributed by atoms with van der Waals surface area (Å²) in [6.45, 7) is 0. The number of tetrazole rings is 1. The Labute approximate surface area is 143 Å². The third kappa shape index (κ3) is 2.90. The quantitative estimate of drug-likeness (QED) is 0.795. The fourth-order valence-electron chi connectivity index (χ4n) is 2.80. The van der Waals surface area contributed by atoms with Crippen LogP contribution in [0.15, 0.2) is 59.8 Å². The number of benzene rings is 2. The average molecular weight is 337 g/mol. The maximum Gasteiger partial charge on any atom is 0.251 e. The molecule has 0 saturated carbocycles. The molecular formula is C17H15N5OS. The molecule has 4 rings (SSSR count). The first kappa shape index (κ1) is 14.9. The van der Waals surface area contributed by atoms with Gasteiger partial charge in [0.1, 0.15) is 6.33 Å². The van der Waals surface area contributed by atoms with Crippen molar-refractivity contribution in [2.75, 3.05) is 5.75 Å². The normalized spacial score (nSPS) is 16.4. The van der Waals surface area contributed by atoms with E-state index in [0.29, 0.717) is 5.56 Å². The predicted octanol–water partition coefficient (Wildman–Crippen LogP) is 2.63. The molecule has 0 unspecified atom stereocenters. The van der Waals surface area contributed by atoms with Crippen LogP contribution in [0.5, 0.6) is 0 Å². The largest absolute Gasteiger partial charge is 0.345 e. The Morgan fingerprint density at radius 1 is 1.21 bits per heavy atom. The molecule has 120 valence electrons. The van der Waals surface area contributed by atoms with Gasteiger partial charge < -0.3 is 5.32 Å². The van der Waals surface area contributed by atoms with Gasteiger partial charge in [0, 0.05) is 16.2 Å². The van der Waals surface area contributed by atoms with Gasteiger partial charge in [-0.1, -0.05) is 24.3 Å². The number of thioether (sulfide) groups is 1. The Balaban J connectivity index is 1.56. The summed E-state index contributed by atoms with van der Waals surface area (Å²) in [5.41, 5.74) is 2.55. The van der Waals surface area contributed by atoms with Crippen molar-refractivity contribution in [2.24, 2.45) is 0 Å². The fraction of sp³-hybridized carbons (Fsp3) is 0.176. The molecular weight excluding hydrogens is 322 g/mol. The number of aromatic nitrogens is 4. The van der Waals surface area contributed by atoms with E-state index in [4.69, 9.17) is 0 Å². The van der Waals surface area contributed by atoms with E-state index in [1.165, 1.54) is 21.5 Å². The Bertz CT molecular complexity index is 865. The van der Waals surface area contributed by atoms with E-state index < -0.39 is 0 Å². The van der Waals surface area contributed by atoms with Gasteiger partial charge in [0.05, 0.1) is 11.7 Å². The van der Waals surface area contributed by atoms with Crippen molar-refractivity contribution in [3.63, 3.8) is 0 Å². The van der Waals surface area contributed by atoms with Crippen molar-refractivity contribution in [3.05, 3.63) is 66.0 Å². The van der Waals surface area contributed by atoms with Gasteiger partial charge in [-0.15, -0.1) is 16.9 Å². The van der Waals surface area contributed by atoms with Crippen molar-refractivity contribution in [1.82, 2.24) is 25.5 Å². The molecule has 2 aromatic carbocycles. The van der Waals surface area contributed by atoms with Crippen molar-refractivity contribution < 1.29 is 4.79 Å². The van der Waals surface area contributed by atoms with Crippen molar-refractivity contribution in [3.8, 4) is 5.69 Å². The Morgan fingerprint density at radius 3 is 3.00 bits per heavy atom. The first-order valence-corrected chi connectivity index (χ1v) is 8.66. The SMILES string of the molecule is O=C(N[C@@H]1CCSc2ccccc21)c1cccc(-n2cnnn2)c1. The van der Waals surface area contributed by atoms with Crippen LogP contribution in [0.4, 0.5) is 0 Å². The molecule has 1 amide bonds. The summed E-state index contributed by atoms with van der Waals surface area (Å²) in [6, 6.07) is 15.6. The number of nitrogens with zero attached hydrogens (tertiary/aromatic N) is 4. The van der Waals surface area contributed by atoms with Crippen LogP contribution in [0.1, 0.15) is 28.4 Å². The smallest absolute Gasteiger partial charge is 0.251 e. The van der Waals surface area contributed by atoms with E-state index in [1.54, 1.807) is 12.1 Å². The number of fused-ring (bicyclic) bond motifs is 1. The molecule has 1 N–H and O–H groups in total. The maximum absolute atomic E-state index is 12.7. The van der Waals surface area contributed by atoms with Crippen LogP contribution in [0, 0.1) is 0 Å². The third-order valence-corrected chi connectivity index (χ3v) is 5.11. The van der Waals surface area contributed by atoms with E-state index in [9.17, 15) is 4.79 Å². The minimum absolute atomic E-state index is 0.0478. The zero-order valence-corrected chi connectivity index (χ0v) is 13.6. The van der Waals surface area contributed by atoms with Gasteiger partial charge >= 0.3 is 0 Å². The van der Waals surface area contributed by atoms with Gasteiger partial charge in [-0.05, 0) is 46.7 Å². The van der Waals surface area contributed by atoms with Crippen LogP contribution in [0.3, 0.4) is 0 Å². The van der Waals surface area contributed by atoms with Crippen LogP contribution in [0.2, 0.25) is 0 Å². The Morgan fingerprint density at radius 2 is 2.12 bits per heavy atom. The summed E-state index contributed by atoms with van der Waals surface area (Å²) < 4.78 is 1.53. The van der Waals surface area contributed by atoms with Crippen LogP contribution < -0.4 is 5.32 Å². The van der Waals surface area contributed by atoms with E-state index >= 15 is 0 Å². The first-order valence-electron chi connectivity index (χ1n) is 7.67. The lowest BCUT2D eigenvalue weighted by Crippen LogP contribution is -2.30. The van der Waals surface area contributed by atoms with Crippen LogP contribution in [-0.2, 0) is 0 Å². The summed E-state index contributed by atoms with van der Waals surface area (Å²) in [5.74, 6) is 0.920. The van der Waals surface area contributed by atoms with Gasteiger partial charge in [-0.25, -0.2) is 4.68 Å². The number of hydrogen-bond donors (Lipinski definition) is 1. The summed E-state index contributed by atoms with van der Waals surface area (Å²) in [6.07, 6.45) is 2.44. The molecule has 0 radical (unpaired) electrons. The van der Waals surface area contributed by atoms with Gasteiger partial charge in [-0.3, -0.25) is 4.79 Å². The molecule has 7 heteroatoms. The standard InChI is InChI=1S/C17H15N5OS/c23-17(12-4-3-5-13(10-12)22-11-18-20-21-22)19-15-8-9-24-16-7-2-1-6-14(15)16/h1-7,10-11,15H,8-9H2,(H,19,23)/t15-/m1/s1. The van der Waals surface area contributed by atoms with Crippen molar-refractivity contribution >= 4 is 17.7 Å². The van der Waals surface area contributed by atoms with E-state index in [1.807, 2.05) is 36.0 Å². The molecule has 0 aliphatic carbocycles. The molecule has 1 aromatic heterocycles. The molecule has 6 nitrogen and oxygen atoms in total. The monoisotopic (exact) mass is 337 g/mol. The van der Waals surface area contributed by atoms with Gasteiger partial charge in [-0.2, -0.15) is 0 Å². The van der Waals surface area contributed by atoms with Gasteiger partial charge in [0.25, 0.3) is 5.91 Å². The topological polar surface area (TPSA) is 72.7 Å². The Hall–Kier alpha value is -2.67. The number of nitrogens with one attached hydrogen (secondary N) is 1. The molecule has 3 aromatic rings. The van der Waals surface area contributed by atoms with E-state index in [-0.39, 0.29) is 11.9 Å². The Kier molecular flexibility index (Phi) is 4.00. The lowest BCUT2D eigenvalue weighted by atomic mass is 10.0. The highest BCUT2D eigenvalue weighted by molar-refractivity contribution is 7.99. The lowest BCUT2D eigenvalue weighted by molar-refractivity contribution is 0.0935. The molecule has 24 heavy (non-hydrogen) atoms. The number of amides is 1. The molecule has 0 saturated heterocycles.